The Morgan fingerprint density at radius 2 is 2.04 bits per heavy atom. The van der Waals surface area contributed by atoms with Crippen LogP contribution in [-0.2, 0) is 9.47 Å². The zero-order valence-electron chi connectivity index (χ0n) is 17.4. The summed E-state index contributed by atoms with van der Waals surface area (Å²) in [4.78, 5) is 13.9. The number of rotatable bonds is 3. The van der Waals surface area contributed by atoms with E-state index in [4.69, 9.17) is 19.5 Å². The number of hydrogen-bond donors (Lipinski definition) is 1. The highest BCUT2D eigenvalue weighted by molar-refractivity contribution is 5.96. The summed E-state index contributed by atoms with van der Waals surface area (Å²) in [5, 5.41) is 3.11. The highest BCUT2D eigenvalue weighted by Crippen LogP contribution is 2.49. The Morgan fingerprint density at radius 3 is 2.64 bits per heavy atom. The number of nitrogens with one attached hydrogen (secondary N) is 1. The fraction of sp³-hybridized carbons (Fsp3) is 0.895. The molecule has 1 saturated carbocycles. The van der Waals surface area contributed by atoms with E-state index in [0.29, 0.717) is 38.9 Å². The molecule has 0 aromatic rings. The summed E-state index contributed by atoms with van der Waals surface area (Å²) in [5.74, 6) is -1.08. The van der Waals surface area contributed by atoms with Crippen molar-refractivity contribution in [1.29, 1.82) is 0 Å². The van der Waals surface area contributed by atoms with Crippen molar-refractivity contribution in [2.75, 3.05) is 46.5 Å². The Kier molecular flexibility index (Phi) is 6.56. The van der Waals surface area contributed by atoms with Crippen molar-refractivity contribution in [2.24, 2.45) is 9.98 Å². The van der Waals surface area contributed by atoms with Gasteiger partial charge in [-0.1, -0.05) is 6.92 Å². The molecule has 3 aliphatic rings. The SMILES string of the molecule is CCC(=NC(=NC(C)NC)N1CCOC2(C1)CC(F)(F)C2)N1CCOC[C@@H]1C. The molecular formula is C19H33F2N5O2. The number of ether oxygens (including phenoxy) is 2. The Bertz CT molecular complexity index is 605. The van der Waals surface area contributed by atoms with Crippen molar-refractivity contribution in [2.45, 2.75) is 63.8 Å². The molecule has 0 amide bonds. The summed E-state index contributed by atoms with van der Waals surface area (Å²) in [6.45, 7) is 9.71. The molecular weight excluding hydrogens is 368 g/mol. The van der Waals surface area contributed by atoms with Crippen molar-refractivity contribution >= 4 is 11.8 Å². The molecule has 2 saturated heterocycles. The van der Waals surface area contributed by atoms with Crippen LogP contribution in [0.4, 0.5) is 8.78 Å². The van der Waals surface area contributed by atoms with Crippen molar-refractivity contribution < 1.29 is 18.3 Å². The predicted octanol–water partition coefficient (Wildman–Crippen LogP) is 1.94. The van der Waals surface area contributed by atoms with Crippen LogP contribution in [0.25, 0.3) is 0 Å². The van der Waals surface area contributed by atoms with E-state index < -0.39 is 11.5 Å². The Hall–Kier alpha value is -1.32. The second kappa shape index (κ2) is 8.59. The van der Waals surface area contributed by atoms with E-state index >= 15 is 0 Å². The number of guanidine groups is 1. The highest BCUT2D eigenvalue weighted by atomic mass is 19.3. The van der Waals surface area contributed by atoms with Gasteiger partial charge in [0.05, 0.1) is 38.0 Å². The largest absolute Gasteiger partial charge is 0.377 e. The molecule has 0 radical (unpaired) electrons. The first kappa shape index (κ1) is 21.4. The lowest BCUT2D eigenvalue weighted by atomic mass is 9.75. The summed E-state index contributed by atoms with van der Waals surface area (Å²) in [7, 11) is 1.84. The maximum absolute atomic E-state index is 13.5. The minimum absolute atomic E-state index is 0.124. The smallest absolute Gasteiger partial charge is 0.253 e. The average Bonchev–Trinajstić information content (AvgIpc) is 2.64. The van der Waals surface area contributed by atoms with E-state index in [0.717, 1.165) is 18.8 Å². The molecule has 1 aliphatic carbocycles. The van der Waals surface area contributed by atoms with Gasteiger partial charge in [-0.05, 0) is 20.9 Å². The first-order valence-electron chi connectivity index (χ1n) is 10.2. The fourth-order valence-electron chi connectivity index (χ4n) is 4.11. The second-order valence-corrected chi connectivity index (χ2v) is 8.06. The van der Waals surface area contributed by atoms with Gasteiger partial charge < -0.3 is 19.3 Å². The first-order valence-corrected chi connectivity index (χ1v) is 10.2. The zero-order chi connectivity index (χ0) is 20.4. The lowest BCUT2D eigenvalue weighted by Crippen LogP contribution is -2.63. The summed E-state index contributed by atoms with van der Waals surface area (Å²) >= 11 is 0. The minimum atomic E-state index is -2.63. The Labute approximate surface area is 166 Å². The topological polar surface area (TPSA) is 61.7 Å². The van der Waals surface area contributed by atoms with E-state index in [1.807, 2.05) is 18.9 Å². The third-order valence-electron chi connectivity index (χ3n) is 5.66. The number of amidine groups is 1. The number of nitrogens with zero attached hydrogens (tertiary/aromatic N) is 4. The van der Waals surface area contributed by atoms with Crippen LogP contribution in [0, 0.1) is 0 Å². The molecule has 160 valence electrons. The molecule has 0 bridgehead atoms. The van der Waals surface area contributed by atoms with Gasteiger partial charge in [-0.3, -0.25) is 5.32 Å². The molecule has 1 N–H and O–H groups in total. The molecule has 3 rings (SSSR count). The van der Waals surface area contributed by atoms with Gasteiger partial charge >= 0.3 is 0 Å². The molecule has 2 atom stereocenters. The maximum atomic E-state index is 13.5. The third kappa shape index (κ3) is 4.80. The van der Waals surface area contributed by atoms with E-state index in [1.54, 1.807) is 0 Å². The van der Waals surface area contributed by atoms with E-state index in [-0.39, 0.29) is 25.0 Å². The van der Waals surface area contributed by atoms with Gasteiger partial charge in [0, 0.05) is 32.4 Å². The molecule has 1 spiro atoms. The molecule has 0 aromatic heterocycles. The molecule has 0 aromatic carbocycles. The first-order chi connectivity index (χ1) is 13.3. The predicted molar refractivity (Wildman–Crippen MR) is 105 cm³/mol. The molecule has 3 fully saturated rings. The normalized spacial score (nSPS) is 29.0. The summed E-state index contributed by atoms with van der Waals surface area (Å²) < 4.78 is 38.3. The van der Waals surface area contributed by atoms with E-state index in [2.05, 4.69) is 24.1 Å². The average molecular weight is 402 g/mol. The van der Waals surface area contributed by atoms with Crippen LogP contribution in [0.5, 0.6) is 0 Å². The van der Waals surface area contributed by atoms with Crippen molar-refractivity contribution in [1.82, 2.24) is 15.1 Å². The number of morpholine rings is 2. The number of hydrogen-bond acceptors (Lipinski definition) is 4. The number of halogens is 2. The van der Waals surface area contributed by atoms with Crippen molar-refractivity contribution in [3.05, 3.63) is 0 Å². The van der Waals surface area contributed by atoms with Gasteiger partial charge in [0.1, 0.15) is 12.0 Å². The van der Waals surface area contributed by atoms with Crippen LogP contribution >= 0.6 is 0 Å². The molecule has 9 heteroatoms. The van der Waals surface area contributed by atoms with Crippen molar-refractivity contribution in [3.8, 4) is 0 Å². The van der Waals surface area contributed by atoms with Gasteiger partial charge in [0.15, 0.2) is 0 Å². The lowest BCUT2D eigenvalue weighted by molar-refractivity contribution is -0.245. The van der Waals surface area contributed by atoms with Gasteiger partial charge in [-0.2, -0.15) is 0 Å². The van der Waals surface area contributed by atoms with Crippen LogP contribution in [0.2, 0.25) is 0 Å². The second-order valence-electron chi connectivity index (χ2n) is 8.06. The van der Waals surface area contributed by atoms with Crippen LogP contribution in [0.15, 0.2) is 9.98 Å². The Morgan fingerprint density at radius 1 is 1.29 bits per heavy atom. The molecule has 2 aliphatic heterocycles. The van der Waals surface area contributed by atoms with E-state index in [9.17, 15) is 8.78 Å². The highest BCUT2D eigenvalue weighted by Gasteiger charge is 2.59. The van der Waals surface area contributed by atoms with Gasteiger partial charge in [0.2, 0.25) is 5.96 Å². The standard InChI is InChI=1S/C19H33F2N5O2/c1-5-16(26-7-8-27-10-14(26)2)24-17(23-15(3)22-4)25-6-9-28-18(13-25)11-19(20,21)12-18/h14-15,22H,5-13H2,1-4H3/t14-,15?/m0/s1. The quantitative estimate of drug-likeness (QED) is 0.579. The van der Waals surface area contributed by atoms with Gasteiger partial charge in [0.25, 0.3) is 5.92 Å². The molecule has 2 heterocycles. The van der Waals surface area contributed by atoms with Crippen LogP contribution < -0.4 is 5.32 Å². The third-order valence-corrected chi connectivity index (χ3v) is 5.66. The number of alkyl halides is 2. The summed E-state index contributed by atoms with van der Waals surface area (Å²) in [5.41, 5.74) is -0.778. The fourth-order valence-corrected chi connectivity index (χ4v) is 4.11. The molecule has 28 heavy (non-hydrogen) atoms. The Balaban J connectivity index is 1.83. The van der Waals surface area contributed by atoms with Gasteiger partial charge in [-0.15, -0.1) is 0 Å². The molecule has 1 unspecified atom stereocenters. The van der Waals surface area contributed by atoms with Crippen LogP contribution in [0.3, 0.4) is 0 Å². The summed E-state index contributed by atoms with van der Waals surface area (Å²) in [6, 6.07) is 0.247. The van der Waals surface area contributed by atoms with Crippen LogP contribution in [-0.4, -0.2) is 91.8 Å². The zero-order valence-corrected chi connectivity index (χ0v) is 17.4. The minimum Gasteiger partial charge on any atom is -0.377 e. The maximum Gasteiger partial charge on any atom is 0.253 e. The number of aliphatic imine (C=N–C) groups is 2. The van der Waals surface area contributed by atoms with Crippen LogP contribution in [0.1, 0.15) is 40.0 Å². The monoisotopic (exact) mass is 401 g/mol. The lowest BCUT2D eigenvalue weighted by Gasteiger charge is -2.52. The molecule has 7 nitrogen and oxygen atoms in total. The van der Waals surface area contributed by atoms with E-state index in [1.165, 1.54) is 0 Å². The van der Waals surface area contributed by atoms with Crippen molar-refractivity contribution in [3.63, 3.8) is 0 Å². The van der Waals surface area contributed by atoms with Gasteiger partial charge in [-0.25, -0.2) is 18.8 Å². The summed E-state index contributed by atoms with van der Waals surface area (Å²) in [6.07, 6.45) is 0.192.